The van der Waals surface area contributed by atoms with Crippen LogP contribution >= 0.6 is 23.2 Å². The fraction of sp³-hybridized carbons (Fsp3) is 0.0667. The van der Waals surface area contributed by atoms with Crippen LogP contribution < -0.4 is 10.1 Å². The van der Waals surface area contributed by atoms with Crippen molar-refractivity contribution in [1.29, 1.82) is 0 Å². The lowest BCUT2D eigenvalue weighted by Gasteiger charge is -2.10. The number of hydrogen-bond donors (Lipinski definition) is 1. The molecule has 0 spiro atoms. The highest BCUT2D eigenvalue weighted by Gasteiger charge is 2.08. The predicted octanol–water partition coefficient (Wildman–Crippen LogP) is 2.99. The maximum atomic E-state index is 12.0. The van der Waals surface area contributed by atoms with E-state index in [1.807, 2.05) is 6.07 Å². The first-order chi connectivity index (χ1) is 11.6. The van der Waals surface area contributed by atoms with Crippen LogP contribution in [-0.2, 0) is 4.79 Å². The van der Waals surface area contributed by atoms with Crippen molar-refractivity contribution >= 4 is 34.8 Å². The molecule has 0 saturated heterocycles. The van der Waals surface area contributed by atoms with Crippen molar-refractivity contribution in [1.82, 2.24) is 20.2 Å². The molecule has 0 saturated carbocycles. The highest BCUT2D eigenvalue weighted by Crippen LogP contribution is 2.25. The van der Waals surface area contributed by atoms with E-state index in [1.165, 1.54) is 11.0 Å². The molecule has 7 nitrogen and oxygen atoms in total. The quantitative estimate of drug-likeness (QED) is 0.753. The molecule has 24 heavy (non-hydrogen) atoms. The van der Waals surface area contributed by atoms with Crippen molar-refractivity contribution in [2.45, 2.75) is 0 Å². The molecule has 0 aliphatic carbocycles. The van der Waals surface area contributed by atoms with Crippen LogP contribution in [0.25, 0.3) is 5.69 Å². The lowest BCUT2D eigenvalue weighted by molar-refractivity contribution is -0.118. The molecule has 122 valence electrons. The molecule has 0 atom stereocenters. The monoisotopic (exact) mass is 363 g/mol. The largest absolute Gasteiger partial charge is 0.484 e. The van der Waals surface area contributed by atoms with Crippen LogP contribution in [0.3, 0.4) is 0 Å². The maximum absolute atomic E-state index is 12.0. The summed E-state index contributed by atoms with van der Waals surface area (Å²) < 4.78 is 6.96. The Balaban J connectivity index is 1.62. The Morgan fingerprint density at radius 1 is 1.21 bits per heavy atom. The molecular formula is C15H11Cl2N5O2. The first-order valence-corrected chi connectivity index (χ1v) is 7.58. The van der Waals surface area contributed by atoms with Crippen LogP contribution in [0.1, 0.15) is 0 Å². The van der Waals surface area contributed by atoms with Crippen molar-refractivity contribution in [3.05, 3.63) is 58.8 Å². The molecule has 9 heteroatoms. The van der Waals surface area contributed by atoms with Crippen molar-refractivity contribution in [2.24, 2.45) is 0 Å². The van der Waals surface area contributed by atoms with E-state index in [9.17, 15) is 4.79 Å². The summed E-state index contributed by atoms with van der Waals surface area (Å²) >= 11 is 11.9. The smallest absolute Gasteiger partial charge is 0.262 e. The van der Waals surface area contributed by atoms with Gasteiger partial charge in [0.05, 0.1) is 16.4 Å². The second-order valence-corrected chi connectivity index (χ2v) is 5.56. The highest BCUT2D eigenvalue weighted by molar-refractivity contribution is 6.35. The SMILES string of the molecule is O=C(COc1cccc(-n2cnnn2)c1)Nc1cc(Cl)ccc1Cl. The molecule has 0 fully saturated rings. The third kappa shape index (κ3) is 4.01. The van der Waals surface area contributed by atoms with E-state index in [2.05, 4.69) is 20.8 Å². The van der Waals surface area contributed by atoms with Crippen LogP contribution in [-0.4, -0.2) is 32.7 Å². The van der Waals surface area contributed by atoms with Crippen molar-refractivity contribution in [3.8, 4) is 11.4 Å². The average Bonchev–Trinajstić information content (AvgIpc) is 3.11. The maximum Gasteiger partial charge on any atom is 0.262 e. The summed E-state index contributed by atoms with van der Waals surface area (Å²) in [5.74, 6) is 0.155. The normalized spacial score (nSPS) is 10.4. The molecule has 0 radical (unpaired) electrons. The Morgan fingerprint density at radius 2 is 2.08 bits per heavy atom. The number of carbonyl (C=O) groups is 1. The third-order valence-corrected chi connectivity index (χ3v) is 3.57. The van der Waals surface area contributed by atoms with Gasteiger partial charge in [0.15, 0.2) is 6.61 Å². The number of hydrogen-bond acceptors (Lipinski definition) is 5. The molecule has 3 rings (SSSR count). The topological polar surface area (TPSA) is 81.9 Å². The van der Waals surface area contributed by atoms with Gasteiger partial charge in [0, 0.05) is 11.1 Å². The second kappa shape index (κ2) is 7.29. The minimum absolute atomic E-state index is 0.179. The first kappa shape index (κ1) is 16.2. The number of rotatable bonds is 5. The Bertz CT molecular complexity index is 855. The van der Waals surface area contributed by atoms with Gasteiger partial charge in [0.25, 0.3) is 5.91 Å². The van der Waals surface area contributed by atoms with Gasteiger partial charge in [-0.25, -0.2) is 4.68 Å². The number of tetrazole rings is 1. The molecule has 0 unspecified atom stereocenters. The zero-order chi connectivity index (χ0) is 16.9. The Hall–Kier alpha value is -2.64. The fourth-order valence-corrected chi connectivity index (χ4v) is 2.26. The van der Waals surface area contributed by atoms with E-state index in [0.29, 0.717) is 21.5 Å². The molecule has 0 bridgehead atoms. The average molecular weight is 364 g/mol. The first-order valence-electron chi connectivity index (χ1n) is 6.83. The number of halogens is 2. The predicted molar refractivity (Wildman–Crippen MR) is 89.7 cm³/mol. The van der Waals surface area contributed by atoms with Crippen molar-refractivity contribution in [3.63, 3.8) is 0 Å². The lowest BCUT2D eigenvalue weighted by Crippen LogP contribution is -2.20. The third-order valence-electron chi connectivity index (χ3n) is 3.00. The Kier molecular flexibility index (Phi) is 4.93. The molecule has 1 aromatic heterocycles. The highest BCUT2D eigenvalue weighted by atomic mass is 35.5. The number of amides is 1. The number of nitrogens with zero attached hydrogens (tertiary/aromatic N) is 4. The van der Waals surface area contributed by atoms with Crippen molar-refractivity contribution < 1.29 is 9.53 Å². The van der Waals surface area contributed by atoms with Gasteiger partial charge >= 0.3 is 0 Å². The van der Waals surface area contributed by atoms with Gasteiger partial charge in [-0.3, -0.25) is 4.79 Å². The Morgan fingerprint density at radius 3 is 2.88 bits per heavy atom. The van der Waals surface area contributed by atoms with Crippen molar-refractivity contribution in [2.75, 3.05) is 11.9 Å². The van der Waals surface area contributed by atoms with E-state index in [4.69, 9.17) is 27.9 Å². The minimum atomic E-state index is -0.355. The van der Waals surface area contributed by atoms with Crippen LogP contribution in [0.15, 0.2) is 48.8 Å². The summed E-state index contributed by atoms with van der Waals surface area (Å²) in [5.41, 5.74) is 1.15. The Labute approximate surface area is 147 Å². The summed E-state index contributed by atoms with van der Waals surface area (Å²) in [4.78, 5) is 12.0. The van der Waals surface area contributed by atoms with Gasteiger partial charge in [-0.05, 0) is 40.8 Å². The summed E-state index contributed by atoms with van der Waals surface area (Å²) in [5, 5.41) is 14.4. The summed E-state index contributed by atoms with van der Waals surface area (Å²) in [6.45, 7) is -0.179. The number of ether oxygens (including phenoxy) is 1. The van der Waals surface area contributed by atoms with E-state index >= 15 is 0 Å². The summed E-state index contributed by atoms with van der Waals surface area (Å²) in [7, 11) is 0. The second-order valence-electron chi connectivity index (χ2n) is 4.71. The van der Waals surface area contributed by atoms with E-state index in [1.54, 1.807) is 36.4 Å². The fourth-order valence-electron chi connectivity index (χ4n) is 1.92. The van der Waals surface area contributed by atoms with Gasteiger partial charge in [-0.1, -0.05) is 29.3 Å². The summed E-state index contributed by atoms with van der Waals surface area (Å²) in [6, 6.07) is 11.9. The van der Waals surface area contributed by atoms with E-state index in [-0.39, 0.29) is 12.5 Å². The van der Waals surface area contributed by atoms with Crippen LogP contribution in [0.4, 0.5) is 5.69 Å². The van der Waals surface area contributed by atoms with Gasteiger partial charge in [-0.15, -0.1) is 5.10 Å². The van der Waals surface area contributed by atoms with Gasteiger partial charge in [-0.2, -0.15) is 0 Å². The molecule has 3 aromatic rings. The minimum Gasteiger partial charge on any atom is -0.484 e. The molecule has 2 aromatic carbocycles. The zero-order valence-corrected chi connectivity index (χ0v) is 13.7. The van der Waals surface area contributed by atoms with E-state index < -0.39 is 0 Å². The number of benzene rings is 2. The molecule has 0 aliphatic heterocycles. The number of anilines is 1. The summed E-state index contributed by atoms with van der Waals surface area (Å²) in [6.07, 6.45) is 1.47. The molecule has 0 aliphatic rings. The van der Waals surface area contributed by atoms with Crippen LogP contribution in [0, 0.1) is 0 Å². The van der Waals surface area contributed by atoms with Gasteiger partial charge in [0.1, 0.15) is 12.1 Å². The molecule has 1 heterocycles. The number of carbonyl (C=O) groups excluding carboxylic acids is 1. The zero-order valence-electron chi connectivity index (χ0n) is 12.2. The van der Waals surface area contributed by atoms with Gasteiger partial charge < -0.3 is 10.1 Å². The number of aromatic nitrogens is 4. The molecular weight excluding hydrogens is 353 g/mol. The molecule has 1 N–H and O–H groups in total. The number of nitrogens with one attached hydrogen (secondary N) is 1. The van der Waals surface area contributed by atoms with Gasteiger partial charge in [0.2, 0.25) is 0 Å². The van der Waals surface area contributed by atoms with E-state index in [0.717, 1.165) is 5.69 Å². The lowest BCUT2D eigenvalue weighted by atomic mass is 10.3. The standard InChI is InChI=1S/C15H11Cl2N5O2/c16-10-4-5-13(17)14(6-10)19-15(23)8-24-12-3-1-2-11(7-12)22-9-18-20-21-22/h1-7,9H,8H2,(H,19,23). The van der Waals surface area contributed by atoms with Crippen LogP contribution in [0.2, 0.25) is 10.0 Å². The molecule has 1 amide bonds. The van der Waals surface area contributed by atoms with Crippen LogP contribution in [0.5, 0.6) is 5.75 Å².